The van der Waals surface area contributed by atoms with Crippen LogP contribution in [0, 0.1) is 5.92 Å². The van der Waals surface area contributed by atoms with E-state index in [-0.39, 0.29) is 30.0 Å². The quantitative estimate of drug-likeness (QED) is 0.868. The lowest BCUT2D eigenvalue weighted by atomic mass is 9.94. The zero-order valence-corrected chi connectivity index (χ0v) is 14.0. The molecule has 124 valence electrons. The first-order valence-electron chi connectivity index (χ1n) is 8.40. The standard InChI is InChI=1S/C19H26N2O2/c1-13(2)18-15(10-12-23-18)19(22)20-16-9-11-21(3)17(16)14-7-5-4-6-8-14/h4-8,15-18H,1,9-12H2,2-3H3,(H,20,22)/t15-,16-,17-,18-/m1/s1. The van der Waals surface area contributed by atoms with Crippen LogP contribution in [0.25, 0.3) is 0 Å². The SMILES string of the molecule is C=C(C)[C@H]1OCC[C@H]1C(=O)N[C@@H]1CCN(C)[C@@H]1c1ccccc1. The van der Waals surface area contributed by atoms with Gasteiger partial charge in [-0.2, -0.15) is 0 Å². The monoisotopic (exact) mass is 314 g/mol. The molecule has 2 fully saturated rings. The molecule has 1 aromatic rings. The lowest BCUT2D eigenvalue weighted by molar-refractivity contribution is -0.127. The minimum absolute atomic E-state index is 0.102. The summed E-state index contributed by atoms with van der Waals surface area (Å²) in [6.45, 7) is 7.54. The first-order chi connectivity index (χ1) is 11.1. The van der Waals surface area contributed by atoms with Gasteiger partial charge < -0.3 is 10.1 Å². The highest BCUT2D eigenvalue weighted by Gasteiger charge is 2.39. The van der Waals surface area contributed by atoms with Gasteiger partial charge in [0.25, 0.3) is 0 Å². The molecule has 4 nitrogen and oxygen atoms in total. The Morgan fingerprint density at radius 1 is 1.30 bits per heavy atom. The Balaban J connectivity index is 1.71. The Morgan fingerprint density at radius 3 is 2.74 bits per heavy atom. The number of benzene rings is 1. The molecule has 0 aromatic heterocycles. The summed E-state index contributed by atoms with van der Waals surface area (Å²) in [6.07, 6.45) is 1.62. The molecule has 0 saturated carbocycles. The van der Waals surface area contributed by atoms with E-state index in [0.29, 0.717) is 6.61 Å². The summed E-state index contributed by atoms with van der Waals surface area (Å²) in [5, 5.41) is 3.28. The van der Waals surface area contributed by atoms with E-state index in [0.717, 1.165) is 25.0 Å². The molecule has 2 aliphatic rings. The van der Waals surface area contributed by atoms with Crippen molar-refractivity contribution in [3.63, 3.8) is 0 Å². The normalized spacial score (nSPS) is 31.2. The van der Waals surface area contributed by atoms with Crippen molar-refractivity contribution in [3.8, 4) is 0 Å². The number of nitrogens with one attached hydrogen (secondary N) is 1. The third-order valence-corrected chi connectivity index (χ3v) is 5.03. The van der Waals surface area contributed by atoms with E-state index in [1.165, 1.54) is 5.56 Å². The number of amides is 1. The zero-order valence-electron chi connectivity index (χ0n) is 14.0. The van der Waals surface area contributed by atoms with Crippen molar-refractivity contribution in [1.29, 1.82) is 0 Å². The van der Waals surface area contributed by atoms with Crippen molar-refractivity contribution in [2.45, 2.75) is 38.0 Å². The van der Waals surface area contributed by atoms with Gasteiger partial charge in [-0.05, 0) is 32.4 Å². The molecule has 2 aliphatic heterocycles. The second kappa shape index (κ2) is 6.85. The smallest absolute Gasteiger partial charge is 0.226 e. The topological polar surface area (TPSA) is 41.6 Å². The maximum atomic E-state index is 12.7. The molecule has 1 aromatic carbocycles. The van der Waals surface area contributed by atoms with Crippen molar-refractivity contribution >= 4 is 5.91 Å². The fraction of sp³-hybridized carbons (Fsp3) is 0.526. The predicted octanol–water partition coefficient (Wildman–Crippen LogP) is 2.53. The Kier molecular flexibility index (Phi) is 4.83. The summed E-state index contributed by atoms with van der Waals surface area (Å²) < 4.78 is 5.67. The Bertz CT molecular complexity index is 572. The van der Waals surface area contributed by atoms with E-state index in [2.05, 4.69) is 48.1 Å². The van der Waals surface area contributed by atoms with Crippen LogP contribution in [0.5, 0.6) is 0 Å². The minimum Gasteiger partial charge on any atom is -0.373 e. The van der Waals surface area contributed by atoms with Gasteiger partial charge in [0.15, 0.2) is 0 Å². The van der Waals surface area contributed by atoms with E-state index in [1.807, 2.05) is 13.0 Å². The summed E-state index contributed by atoms with van der Waals surface area (Å²) >= 11 is 0. The lowest BCUT2D eigenvalue weighted by Crippen LogP contribution is -2.44. The number of carbonyl (C=O) groups is 1. The van der Waals surface area contributed by atoms with Crippen molar-refractivity contribution in [2.24, 2.45) is 5.92 Å². The van der Waals surface area contributed by atoms with Crippen LogP contribution in [0.2, 0.25) is 0 Å². The molecule has 0 unspecified atom stereocenters. The van der Waals surface area contributed by atoms with Gasteiger partial charge >= 0.3 is 0 Å². The van der Waals surface area contributed by atoms with Gasteiger partial charge in [-0.3, -0.25) is 9.69 Å². The van der Waals surface area contributed by atoms with Gasteiger partial charge in [-0.25, -0.2) is 0 Å². The average molecular weight is 314 g/mol. The van der Waals surface area contributed by atoms with Crippen molar-refractivity contribution < 1.29 is 9.53 Å². The number of likely N-dealkylation sites (tertiary alicyclic amines) is 1. The van der Waals surface area contributed by atoms with E-state index in [1.54, 1.807) is 0 Å². The molecular weight excluding hydrogens is 288 g/mol. The second-order valence-corrected chi connectivity index (χ2v) is 6.77. The molecular formula is C19H26N2O2. The van der Waals surface area contributed by atoms with Gasteiger partial charge in [-0.15, -0.1) is 0 Å². The Morgan fingerprint density at radius 2 is 2.04 bits per heavy atom. The molecule has 4 atom stereocenters. The fourth-order valence-electron chi connectivity index (χ4n) is 3.87. The van der Waals surface area contributed by atoms with Crippen LogP contribution in [0.1, 0.15) is 31.4 Å². The van der Waals surface area contributed by atoms with Crippen molar-refractivity contribution in [3.05, 3.63) is 48.0 Å². The molecule has 0 aliphatic carbocycles. The van der Waals surface area contributed by atoms with Gasteiger partial charge in [0.05, 0.1) is 18.1 Å². The number of nitrogens with zero attached hydrogens (tertiary/aromatic N) is 1. The largest absolute Gasteiger partial charge is 0.373 e. The predicted molar refractivity (Wildman–Crippen MR) is 91.0 cm³/mol. The van der Waals surface area contributed by atoms with Gasteiger partial charge in [0.2, 0.25) is 5.91 Å². The van der Waals surface area contributed by atoms with E-state index in [4.69, 9.17) is 4.74 Å². The summed E-state index contributed by atoms with van der Waals surface area (Å²) in [5.41, 5.74) is 2.20. The second-order valence-electron chi connectivity index (χ2n) is 6.77. The number of likely N-dealkylation sites (N-methyl/N-ethyl adjacent to an activating group) is 1. The molecule has 1 N–H and O–H groups in total. The highest BCUT2D eigenvalue weighted by molar-refractivity contribution is 5.80. The molecule has 4 heteroatoms. The number of rotatable bonds is 4. The molecule has 0 spiro atoms. The Labute approximate surface area is 138 Å². The molecule has 3 rings (SSSR count). The summed E-state index contributed by atoms with van der Waals surface area (Å²) in [6, 6.07) is 10.8. The van der Waals surface area contributed by atoms with Crippen molar-refractivity contribution in [2.75, 3.05) is 20.2 Å². The number of hydrogen-bond acceptors (Lipinski definition) is 3. The zero-order chi connectivity index (χ0) is 16.4. The molecule has 2 heterocycles. The molecule has 1 amide bonds. The van der Waals surface area contributed by atoms with Crippen LogP contribution in [-0.4, -0.2) is 43.2 Å². The van der Waals surface area contributed by atoms with Crippen LogP contribution in [0.3, 0.4) is 0 Å². The van der Waals surface area contributed by atoms with Crippen LogP contribution in [0.4, 0.5) is 0 Å². The molecule has 23 heavy (non-hydrogen) atoms. The first kappa shape index (κ1) is 16.2. The molecule has 0 bridgehead atoms. The first-order valence-corrected chi connectivity index (χ1v) is 8.40. The fourth-order valence-corrected chi connectivity index (χ4v) is 3.87. The average Bonchev–Trinajstić information content (AvgIpc) is 3.15. The highest BCUT2D eigenvalue weighted by atomic mass is 16.5. The molecule has 0 radical (unpaired) electrons. The van der Waals surface area contributed by atoms with Gasteiger partial charge in [0.1, 0.15) is 0 Å². The highest BCUT2D eigenvalue weighted by Crippen LogP contribution is 2.32. The maximum Gasteiger partial charge on any atom is 0.226 e. The number of ether oxygens (including phenoxy) is 1. The number of carbonyl (C=O) groups excluding carboxylic acids is 1. The third kappa shape index (κ3) is 3.33. The lowest BCUT2D eigenvalue weighted by Gasteiger charge is -2.28. The van der Waals surface area contributed by atoms with Crippen LogP contribution >= 0.6 is 0 Å². The van der Waals surface area contributed by atoms with Gasteiger partial charge in [0, 0.05) is 19.2 Å². The summed E-state index contributed by atoms with van der Waals surface area (Å²) in [5.74, 6) is 0.00607. The van der Waals surface area contributed by atoms with Crippen molar-refractivity contribution in [1.82, 2.24) is 10.2 Å². The number of hydrogen-bond donors (Lipinski definition) is 1. The summed E-state index contributed by atoms with van der Waals surface area (Å²) in [7, 11) is 2.12. The molecule has 2 saturated heterocycles. The van der Waals surface area contributed by atoms with Crippen LogP contribution in [-0.2, 0) is 9.53 Å². The maximum absolute atomic E-state index is 12.7. The van der Waals surface area contributed by atoms with E-state index < -0.39 is 0 Å². The van der Waals surface area contributed by atoms with Gasteiger partial charge in [-0.1, -0.05) is 42.5 Å². The third-order valence-electron chi connectivity index (χ3n) is 5.03. The Hall–Kier alpha value is -1.65. The van der Waals surface area contributed by atoms with E-state index >= 15 is 0 Å². The minimum atomic E-state index is -0.135. The summed E-state index contributed by atoms with van der Waals surface area (Å²) in [4.78, 5) is 15.1. The van der Waals surface area contributed by atoms with Crippen LogP contribution < -0.4 is 5.32 Å². The van der Waals surface area contributed by atoms with Crippen LogP contribution in [0.15, 0.2) is 42.5 Å². The van der Waals surface area contributed by atoms with E-state index in [9.17, 15) is 4.79 Å².